The highest BCUT2D eigenvalue weighted by molar-refractivity contribution is 7.97. The van der Waals surface area contributed by atoms with E-state index >= 15 is 0 Å². The second kappa shape index (κ2) is 11.0. The minimum Gasteiger partial charge on any atom is -0.468 e. The van der Waals surface area contributed by atoms with Crippen LogP contribution in [0.2, 0.25) is 0 Å². The lowest BCUT2D eigenvalue weighted by Crippen LogP contribution is -2.25. The molecule has 1 aliphatic carbocycles. The largest absolute Gasteiger partial charge is 0.468 e. The van der Waals surface area contributed by atoms with E-state index in [9.17, 15) is 4.79 Å². The molecule has 1 aromatic carbocycles. The molecule has 5 heteroatoms. The van der Waals surface area contributed by atoms with Gasteiger partial charge in [0.1, 0.15) is 6.54 Å². The zero-order valence-corrected chi connectivity index (χ0v) is 22.1. The number of rotatable bonds is 6. The van der Waals surface area contributed by atoms with Crippen molar-refractivity contribution in [2.75, 3.05) is 20.2 Å². The molecule has 0 N–H and O–H groups in total. The fourth-order valence-corrected chi connectivity index (χ4v) is 6.23. The summed E-state index contributed by atoms with van der Waals surface area (Å²) < 4.78 is 9.67. The summed E-state index contributed by atoms with van der Waals surface area (Å²) in [6.07, 6.45) is 5.36. The standard InChI is InChI=1S/C26H34N2O2S.C2H6/c1-18-15-26(3,4)16-22-25(18)21(19(2)28(22)17-24(29)30-5)14-20-10-6-7-11-23(20)31-27-12-8-9-13-27;1-2/h6-7,10-11H,1,8-9,12-17H2,2-5H3;1-2H3. The van der Waals surface area contributed by atoms with Crippen LogP contribution in [-0.4, -0.2) is 35.0 Å². The van der Waals surface area contributed by atoms with Crippen molar-refractivity contribution >= 4 is 23.5 Å². The van der Waals surface area contributed by atoms with E-state index in [1.165, 1.54) is 52.8 Å². The number of esters is 1. The van der Waals surface area contributed by atoms with Gasteiger partial charge in [0.05, 0.1) is 7.11 Å². The third kappa shape index (κ3) is 5.75. The van der Waals surface area contributed by atoms with Crippen molar-refractivity contribution < 1.29 is 9.53 Å². The Morgan fingerprint density at radius 1 is 1.15 bits per heavy atom. The SMILES string of the molecule is C=C1CC(C)(C)Cc2c1c(Cc1ccccc1SN1CCCC1)c(C)n2CC(=O)OC.CC. The van der Waals surface area contributed by atoms with Crippen molar-refractivity contribution in [3.05, 3.63) is 58.9 Å². The monoisotopic (exact) mass is 468 g/mol. The predicted molar refractivity (Wildman–Crippen MR) is 140 cm³/mol. The summed E-state index contributed by atoms with van der Waals surface area (Å²) in [7, 11) is 1.46. The smallest absolute Gasteiger partial charge is 0.325 e. The summed E-state index contributed by atoms with van der Waals surface area (Å²) in [4.78, 5) is 13.5. The van der Waals surface area contributed by atoms with E-state index in [4.69, 9.17) is 4.74 Å². The van der Waals surface area contributed by atoms with Crippen molar-refractivity contribution in [3.63, 3.8) is 0 Å². The van der Waals surface area contributed by atoms with Gasteiger partial charge < -0.3 is 9.30 Å². The molecular weight excluding hydrogens is 428 g/mol. The van der Waals surface area contributed by atoms with Gasteiger partial charge in [-0.25, -0.2) is 4.31 Å². The molecule has 4 nitrogen and oxygen atoms in total. The predicted octanol–water partition coefficient (Wildman–Crippen LogP) is 6.68. The Balaban J connectivity index is 0.00000149. The zero-order valence-electron chi connectivity index (χ0n) is 21.3. The van der Waals surface area contributed by atoms with Gasteiger partial charge >= 0.3 is 5.97 Å². The number of carbonyl (C=O) groups excluding carboxylic acids is 1. The Labute approximate surface area is 204 Å². The number of aromatic nitrogens is 1. The van der Waals surface area contributed by atoms with Crippen LogP contribution in [0.4, 0.5) is 0 Å². The van der Waals surface area contributed by atoms with Gasteiger partial charge in [-0.2, -0.15) is 0 Å². The summed E-state index contributed by atoms with van der Waals surface area (Å²) in [6, 6.07) is 8.75. The van der Waals surface area contributed by atoms with Crippen molar-refractivity contribution in [3.8, 4) is 0 Å². The normalized spacial score (nSPS) is 17.3. The molecule has 1 aliphatic heterocycles. The van der Waals surface area contributed by atoms with Gasteiger partial charge in [-0.1, -0.05) is 52.5 Å². The minimum atomic E-state index is -0.202. The van der Waals surface area contributed by atoms with Gasteiger partial charge in [0.15, 0.2) is 0 Å². The molecule has 0 bridgehead atoms. The molecular formula is C28H40N2O2S. The Morgan fingerprint density at radius 2 is 1.82 bits per heavy atom. The van der Waals surface area contributed by atoms with Gasteiger partial charge in [-0.15, -0.1) is 0 Å². The van der Waals surface area contributed by atoms with Gasteiger partial charge in [0.2, 0.25) is 0 Å². The van der Waals surface area contributed by atoms with E-state index in [-0.39, 0.29) is 17.9 Å². The maximum absolute atomic E-state index is 12.2. The van der Waals surface area contributed by atoms with E-state index in [2.05, 4.69) is 60.5 Å². The first-order valence-electron chi connectivity index (χ1n) is 12.3. The van der Waals surface area contributed by atoms with Gasteiger partial charge in [-0.3, -0.25) is 4.79 Å². The molecule has 4 rings (SSSR count). The molecule has 0 saturated carbocycles. The van der Waals surface area contributed by atoms with Crippen molar-refractivity contribution in [2.24, 2.45) is 5.41 Å². The molecule has 0 spiro atoms. The van der Waals surface area contributed by atoms with Crippen LogP contribution in [0.3, 0.4) is 0 Å². The van der Waals surface area contributed by atoms with Crippen molar-refractivity contribution in [1.29, 1.82) is 0 Å². The van der Waals surface area contributed by atoms with Gasteiger partial charge in [-0.05, 0) is 72.7 Å². The Bertz CT molecular complexity index is 1000. The molecule has 33 heavy (non-hydrogen) atoms. The Hall–Kier alpha value is -1.98. The van der Waals surface area contributed by atoms with Gasteiger partial charge in [0.25, 0.3) is 0 Å². The summed E-state index contributed by atoms with van der Waals surface area (Å²) in [5.41, 5.74) is 7.68. The van der Waals surface area contributed by atoms with Crippen molar-refractivity contribution in [2.45, 2.75) is 78.2 Å². The summed E-state index contributed by atoms with van der Waals surface area (Å²) in [5.74, 6) is -0.202. The first kappa shape index (κ1) is 25.6. The second-order valence-corrected chi connectivity index (χ2v) is 10.8. The molecule has 1 saturated heterocycles. The van der Waals surface area contributed by atoms with Crippen LogP contribution >= 0.6 is 11.9 Å². The number of methoxy groups -OCH3 is 1. The lowest BCUT2D eigenvalue weighted by molar-refractivity contribution is -0.141. The quantitative estimate of drug-likeness (QED) is 0.350. The maximum atomic E-state index is 12.2. The van der Waals surface area contributed by atoms with Crippen LogP contribution in [0.15, 0.2) is 35.7 Å². The second-order valence-electron chi connectivity index (χ2n) is 9.68. The highest BCUT2D eigenvalue weighted by Gasteiger charge is 2.34. The highest BCUT2D eigenvalue weighted by atomic mass is 32.2. The van der Waals surface area contributed by atoms with E-state index in [0.717, 1.165) is 38.0 Å². The number of ether oxygens (including phenoxy) is 1. The summed E-state index contributed by atoms with van der Waals surface area (Å²) in [5, 5.41) is 0. The number of fused-ring (bicyclic) bond motifs is 1. The fraction of sp³-hybridized carbons (Fsp3) is 0.536. The molecule has 1 aromatic heterocycles. The maximum Gasteiger partial charge on any atom is 0.325 e. The van der Waals surface area contributed by atoms with Crippen LogP contribution in [0.1, 0.15) is 75.0 Å². The van der Waals surface area contributed by atoms with E-state index in [0.29, 0.717) is 0 Å². The molecule has 0 radical (unpaired) electrons. The topological polar surface area (TPSA) is 34.5 Å². The fourth-order valence-electron chi connectivity index (χ4n) is 5.11. The average molecular weight is 469 g/mol. The number of allylic oxidation sites excluding steroid dienone is 1. The van der Waals surface area contributed by atoms with Gasteiger partial charge in [0, 0.05) is 41.4 Å². The van der Waals surface area contributed by atoms with Crippen LogP contribution in [0.25, 0.3) is 5.57 Å². The first-order valence-corrected chi connectivity index (χ1v) is 13.0. The number of benzene rings is 1. The minimum absolute atomic E-state index is 0.142. The average Bonchev–Trinajstić information content (AvgIpc) is 3.38. The molecule has 2 aliphatic rings. The molecule has 180 valence electrons. The third-order valence-corrected chi connectivity index (χ3v) is 7.81. The zero-order chi connectivity index (χ0) is 24.2. The van der Waals surface area contributed by atoms with Crippen molar-refractivity contribution in [1.82, 2.24) is 8.87 Å². The summed E-state index contributed by atoms with van der Waals surface area (Å²) >= 11 is 1.89. The lowest BCUT2D eigenvalue weighted by atomic mass is 9.73. The third-order valence-electron chi connectivity index (χ3n) is 6.60. The highest BCUT2D eigenvalue weighted by Crippen LogP contribution is 2.45. The van der Waals surface area contributed by atoms with E-state index in [1.54, 1.807) is 0 Å². The van der Waals surface area contributed by atoms with Crippen LogP contribution in [0.5, 0.6) is 0 Å². The van der Waals surface area contributed by atoms with Crippen LogP contribution < -0.4 is 0 Å². The van der Waals surface area contributed by atoms with Crippen LogP contribution in [-0.2, 0) is 28.9 Å². The first-order chi connectivity index (χ1) is 15.8. The lowest BCUT2D eigenvalue weighted by Gasteiger charge is -2.32. The number of nitrogens with zero attached hydrogens (tertiary/aromatic N) is 2. The molecule has 1 fully saturated rings. The Kier molecular flexibility index (Phi) is 8.52. The number of carbonyl (C=O) groups is 1. The molecule has 2 heterocycles. The molecule has 2 aromatic rings. The molecule has 0 amide bonds. The molecule has 0 unspecified atom stereocenters. The number of hydrogen-bond donors (Lipinski definition) is 0. The summed E-state index contributed by atoms with van der Waals surface area (Å²) in [6.45, 7) is 17.8. The van der Waals surface area contributed by atoms with E-state index < -0.39 is 0 Å². The molecule has 0 atom stereocenters. The van der Waals surface area contributed by atoms with Crippen LogP contribution in [0, 0.1) is 12.3 Å². The van der Waals surface area contributed by atoms with E-state index in [1.807, 2.05) is 25.8 Å². The number of hydrogen-bond acceptors (Lipinski definition) is 4. The Morgan fingerprint density at radius 3 is 2.48 bits per heavy atom.